The molecule has 0 heterocycles. The van der Waals surface area contributed by atoms with Crippen LogP contribution >= 0.6 is 11.6 Å². The number of hydrogen-bond acceptors (Lipinski definition) is 5. The Morgan fingerprint density at radius 3 is 2.80 bits per heavy atom. The fourth-order valence-corrected chi connectivity index (χ4v) is 1.30. The quantitative estimate of drug-likeness (QED) is 0.411. The highest BCUT2D eigenvalue weighted by Crippen LogP contribution is 2.32. The zero-order chi connectivity index (χ0) is 11.4. The van der Waals surface area contributed by atoms with Crippen molar-refractivity contribution in [3.8, 4) is 0 Å². The third-order valence-electron chi connectivity index (χ3n) is 1.74. The molecule has 0 saturated heterocycles. The minimum Gasteiger partial charge on any atom is -0.395 e. The van der Waals surface area contributed by atoms with Crippen molar-refractivity contribution < 1.29 is 10.0 Å². The van der Waals surface area contributed by atoms with E-state index in [4.69, 9.17) is 22.4 Å². The third-order valence-corrected chi connectivity index (χ3v) is 2.05. The lowest BCUT2D eigenvalue weighted by molar-refractivity contribution is -0.383. The predicted octanol–water partition coefficient (Wildman–Crippen LogP) is 1.23. The van der Waals surface area contributed by atoms with Crippen LogP contribution in [0.3, 0.4) is 0 Å². The second kappa shape index (κ2) is 4.81. The van der Waals surface area contributed by atoms with Crippen molar-refractivity contribution in [1.82, 2.24) is 0 Å². The van der Waals surface area contributed by atoms with E-state index in [9.17, 15) is 10.1 Å². The van der Waals surface area contributed by atoms with E-state index in [1.165, 1.54) is 12.1 Å². The van der Waals surface area contributed by atoms with Crippen LogP contribution in [0.1, 0.15) is 0 Å². The summed E-state index contributed by atoms with van der Waals surface area (Å²) in [6.07, 6.45) is 0. The Morgan fingerprint density at radius 1 is 1.60 bits per heavy atom. The molecule has 0 fully saturated rings. The first-order valence-corrected chi connectivity index (χ1v) is 4.52. The number of hydrogen-bond donors (Lipinski definition) is 3. The second-order valence-electron chi connectivity index (χ2n) is 2.80. The van der Waals surface area contributed by atoms with Crippen LogP contribution in [0.25, 0.3) is 0 Å². The van der Waals surface area contributed by atoms with Crippen molar-refractivity contribution >= 4 is 28.7 Å². The largest absolute Gasteiger partial charge is 0.395 e. The molecule has 4 N–H and O–H groups in total. The molecule has 7 heteroatoms. The zero-order valence-corrected chi connectivity index (χ0v) is 8.49. The van der Waals surface area contributed by atoms with Gasteiger partial charge >= 0.3 is 0 Å². The molecule has 15 heavy (non-hydrogen) atoms. The molecular weight excluding hydrogens is 222 g/mol. The highest BCUT2D eigenvalue weighted by molar-refractivity contribution is 6.33. The van der Waals surface area contributed by atoms with Crippen molar-refractivity contribution in [2.75, 3.05) is 24.2 Å². The zero-order valence-electron chi connectivity index (χ0n) is 7.74. The van der Waals surface area contributed by atoms with Gasteiger partial charge < -0.3 is 16.2 Å². The third kappa shape index (κ3) is 2.71. The molecule has 0 amide bonds. The highest BCUT2D eigenvalue weighted by Gasteiger charge is 2.14. The smallest absolute Gasteiger partial charge is 0.294 e. The number of nitrogens with one attached hydrogen (secondary N) is 1. The topological polar surface area (TPSA) is 101 Å². The Labute approximate surface area is 90.8 Å². The van der Waals surface area contributed by atoms with Gasteiger partial charge in [0.1, 0.15) is 5.69 Å². The summed E-state index contributed by atoms with van der Waals surface area (Å²) in [7, 11) is 0. The molecule has 0 radical (unpaired) electrons. The van der Waals surface area contributed by atoms with Gasteiger partial charge in [-0.05, 0) is 6.07 Å². The lowest BCUT2D eigenvalue weighted by atomic mass is 10.2. The molecule has 0 aliphatic carbocycles. The molecule has 0 spiro atoms. The van der Waals surface area contributed by atoms with Gasteiger partial charge in [0, 0.05) is 12.6 Å². The predicted molar refractivity (Wildman–Crippen MR) is 58.1 cm³/mol. The Balaban J connectivity index is 3.06. The maximum Gasteiger partial charge on any atom is 0.294 e. The molecule has 0 bridgehead atoms. The standard InChI is InChI=1S/C8H10ClN3O3/c9-5-3-6(10)8(12(14)15)4-7(5)11-1-2-13/h3-4,11,13H,1-2,10H2. The van der Waals surface area contributed by atoms with E-state index >= 15 is 0 Å². The number of aliphatic hydroxyl groups excluding tert-OH is 1. The number of anilines is 2. The lowest BCUT2D eigenvalue weighted by Crippen LogP contribution is -2.07. The number of nitrogen functional groups attached to an aromatic ring is 1. The van der Waals surface area contributed by atoms with Crippen LogP contribution in [0, 0.1) is 10.1 Å². The minimum atomic E-state index is -0.588. The molecule has 0 aliphatic heterocycles. The van der Waals surface area contributed by atoms with Gasteiger partial charge in [-0.15, -0.1) is 0 Å². The van der Waals surface area contributed by atoms with E-state index in [2.05, 4.69) is 5.32 Å². The van der Waals surface area contributed by atoms with Crippen LogP contribution < -0.4 is 11.1 Å². The fourth-order valence-electron chi connectivity index (χ4n) is 1.06. The van der Waals surface area contributed by atoms with Crippen molar-refractivity contribution in [1.29, 1.82) is 0 Å². The first-order valence-electron chi connectivity index (χ1n) is 4.14. The van der Waals surface area contributed by atoms with Crippen molar-refractivity contribution in [3.63, 3.8) is 0 Å². The molecule has 1 aromatic carbocycles. The van der Waals surface area contributed by atoms with E-state index < -0.39 is 4.92 Å². The fraction of sp³-hybridized carbons (Fsp3) is 0.250. The molecule has 6 nitrogen and oxygen atoms in total. The van der Waals surface area contributed by atoms with E-state index in [0.717, 1.165) is 0 Å². The number of nitrogens with two attached hydrogens (primary N) is 1. The molecular formula is C8H10ClN3O3. The first-order chi connectivity index (χ1) is 7.06. The average Bonchev–Trinajstić information content (AvgIpc) is 2.16. The van der Waals surface area contributed by atoms with Gasteiger partial charge in [-0.2, -0.15) is 0 Å². The number of nitro benzene ring substituents is 1. The second-order valence-corrected chi connectivity index (χ2v) is 3.21. The molecule has 0 saturated carbocycles. The van der Waals surface area contributed by atoms with Crippen molar-refractivity contribution in [2.45, 2.75) is 0 Å². The van der Waals surface area contributed by atoms with Gasteiger partial charge in [0.25, 0.3) is 5.69 Å². The van der Waals surface area contributed by atoms with Crippen LogP contribution in [0.4, 0.5) is 17.1 Å². The lowest BCUT2D eigenvalue weighted by Gasteiger charge is -2.07. The van der Waals surface area contributed by atoms with Crippen LogP contribution in [0.2, 0.25) is 5.02 Å². The van der Waals surface area contributed by atoms with Crippen LogP contribution in [-0.2, 0) is 0 Å². The SMILES string of the molecule is Nc1cc(Cl)c(NCCO)cc1[N+](=O)[O-]. The van der Waals surface area contributed by atoms with Gasteiger partial charge in [0.05, 0.1) is 22.2 Å². The number of rotatable bonds is 4. The normalized spacial score (nSPS) is 10.0. The van der Waals surface area contributed by atoms with Gasteiger partial charge in [-0.3, -0.25) is 10.1 Å². The molecule has 1 aromatic rings. The summed E-state index contributed by atoms with van der Waals surface area (Å²) in [5.41, 5.74) is 5.60. The van der Waals surface area contributed by atoms with Gasteiger partial charge in [0.15, 0.2) is 0 Å². The van der Waals surface area contributed by atoms with Gasteiger partial charge in [-0.1, -0.05) is 11.6 Å². The summed E-state index contributed by atoms with van der Waals surface area (Å²) in [6.45, 7) is 0.176. The maximum absolute atomic E-state index is 10.6. The molecule has 82 valence electrons. The molecule has 0 atom stereocenters. The summed E-state index contributed by atoms with van der Waals surface area (Å²) in [5.74, 6) is 0. The number of halogens is 1. The molecule has 1 rings (SSSR count). The summed E-state index contributed by atoms with van der Waals surface area (Å²) in [5, 5.41) is 22.2. The Bertz CT molecular complexity index is 384. The number of nitro groups is 1. The average molecular weight is 232 g/mol. The minimum absolute atomic E-state index is 0.0135. The van der Waals surface area contributed by atoms with Crippen LogP contribution in [-0.4, -0.2) is 23.2 Å². The molecule has 0 unspecified atom stereocenters. The maximum atomic E-state index is 10.6. The summed E-state index contributed by atoms with van der Waals surface area (Å²) < 4.78 is 0. The number of aliphatic hydroxyl groups is 1. The van der Waals surface area contributed by atoms with E-state index in [0.29, 0.717) is 5.69 Å². The number of benzene rings is 1. The first kappa shape index (κ1) is 11.5. The van der Waals surface area contributed by atoms with Crippen LogP contribution in [0.15, 0.2) is 12.1 Å². The molecule has 0 aliphatic rings. The summed E-state index contributed by atoms with van der Waals surface area (Å²) in [4.78, 5) is 9.98. The van der Waals surface area contributed by atoms with E-state index in [-0.39, 0.29) is 29.5 Å². The van der Waals surface area contributed by atoms with Gasteiger partial charge in [0.2, 0.25) is 0 Å². The van der Waals surface area contributed by atoms with E-state index in [1.54, 1.807) is 0 Å². The number of nitrogens with zero attached hydrogens (tertiary/aromatic N) is 1. The monoisotopic (exact) mass is 231 g/mol. The Morgan fingerprint density at radius 2 is 2.27 bits per heavy atom. The summed E-state index contributed by atoms with van der Waals surface area (Å²) in [6, 6.07) is 2.55. The Kier molecular flexibility index (Phi) is 3.70. The molecule has 0 aromatic heterocycles. The van der Waals surface area contributed by atoms with Gasteiger partial charge in [-0.25, -0.2) is 0 Å². The Hall–Kier alpha value is -1.53. The van der Waals surface area contributed by atoms with Crippen LogP contribution in [0.5, 0.6) is 0 Å². The van der Waals surface area contributed by atoms with E-state index in [1.807, 2.05) is 0 Å². The highest BCUT2D eigenvalue weighted by atomic mass is 35.5. The summed E-state index contributed by atoms with van der Waals surface area (Å²) >= 11 is 5.80. The van der Waals surface area contributed by atoms with Crippen molar-refractivity contribution in [2.24, 2.45) is 0 Å². The van der Waals surface area contributed by atoms with Crippen molar-refractivity contribution in [3.05, 3.63) is 27.3 Å².